The Morgan fingerprint density at radius 2 is 2.00 bits per heavy atom. The van der Waals surface area contributed by atoms with E-state index in [0.717, 1.165) is 12.2 Å². The molecular formula is C19H31IN4. The largest absolute Gasteiger partial charge is 0.370 e. The van der Waals surface area contributed by atoms with Gasteiger partial charge in [-0.2, -0.15) is 0 Å². The van der Waals surface area contributed by atoms with Crippen LogP contribution in [0.1, 0.15) is 43.7 Å². The van der Waals surface area contributed by atoms with Crippen molar-refractivity contribution in [2.24, 2.45) is 16.6 Å². The maximum absolute atomic E-state index is 6.07. The fourth-order valence-electron chi connectivity index (χ4n) is 3.77. The van der Waals surface area contributed by atoms with Gasteiger partial charge in [0, 0.05) is 12.2 Å². The van der Waals surface area contributed by atoms with Crippen LogP contribution < -0.4 is 11.1 Å². The van der Waals surface area contributed by atoms with Crippen molar-refractivity contribution in [2.45, 2.75) is 45.4 Å². The van der Waals surface area contributed by atoms with E-state index in [1.165, 1.54) is 69.3 Å². The zero-order chi connectivity index (χ0) is 16.1. The predicted molar refractivity (Wildman–Crippen MR) is 113 cm³/mol. The van der Waals surface area contributed by atoms with Crippen molar-refractivity contribution in [3.8, 4) is 0 Å². The van der Waals surface area contributed by atoms with Crippen LogP contribution in [0.2, 0.25) is 0 Å². The Kier molecular flexibility index (Phi) is 7.81. The van der Waals surface area contributed by atoms with Crippen molar-refractivity contribution in [2.75, 3.05) is 31.5 Å². The number of nitrogens with zero attached hydrogens (tertiary/aromatic N) is 2. The monoisotopic (exact) mass is 442 g/mol. The third-order valence-electron chi connectivity index (χ3n) is 5.14. The van der Waals surface area contributed by atoms with Crippen molar-refractivity contribution in [3.05, 3.63) is 29.3 Å². The number of aryl methyl sites for hydroxylation is 2. The van der Waals surface area contributed by atoms with Gasteiger partial charge in [-0.05, 0) is 87.3 Å². The molecule has 3 N–H and O–H groups in total. The number of nitrogens with two attached hydrogens (primary N) is 1. The van der Waals surface area contributed by atoms with Crippen molar-refractivity contribution in [1.29, 1.82) is 0 Å². The molecule has 0 saturated carbocycles. The van der Waals surface area contributed by atoms with E-state index in [1.54, 1.807) is 0 Å². The predicted octanol–water partition coefficient (Wildman–Crippen LogP) is 3.64. The standard InChI is InChI=1S/C19H30N4.HI/c1-2-10-23-11-8-15(9-12-23)14-21-19(20)22-18-7-6-16-4-3-5-17(16)13-18;/h6-7,13,15H,2-5,8-12,14H2,1H3,(H3,20,21,22);1H. The van der Waals surface area contributed by atoms with E-state index >= 15 is 0 Å². The Labute approximate surface area is 163 Å². The van der Waals surface area contributed by atoms with E-state index < -0.39 is 0 Å². The molecule has 1 aromatic rings. The van der Waals surface area contributed by atoms with Crippen molar-refractivity contribution >= 4 is 35.6 Å². The van der Waals surface area contributed by atoms with E-state index in [0.29, 0.717) is 11.9 Å². The fraction of sp³-hybridized carbons (Fsp3) is 0.632. The van der Waals surface area contributed by atoms with Gasteiger partial charge in [0.15, 0.2) is 5.96 Å². The second-order valence-corrected chi connectivity index (χ2v) is 6.97. The zero-order valence-electron chi connectivity index (χ0n) is 14.8. The molecule has 0 spiro atoms. The fourth-order valence-corrected chi connectivity index (χ4v) is 3.77. The van der Waals surface area contributed by atoms with Gasteiger partial charge in [-0.25, -0.2) is 0 Å². The highest BCUT2D eigenvalue weighted by Crippen LogP contribution is 2.24. The van der Waals surface area contributed by atoms with Gasteiger partial charge in [0.25, 0.3) is 0 Å². The Morgan fingerprint density at radius 1 is 1.25 bits per heavy atom. The molecule has 1 aliphatic heterocycles. The van der Waals surface area contributed by atoms with Crippen LogP contribution in [0.15, 0.2) is 23.2 Å². The first-order valence-corrected chi connectivity index (χ1v) is 9.15. The van der Waals surface area contributed by atoms with Crippen molar-refractivity contribution < 1.29 is 0 Å². The Morgan fingerprint density at radius 3 is 2.75 bits per heavy atom. The molecule has 1 aliphatic carbocycles. The van der Waals surface area contributed by atoms with E-state index in [-0.39, 0.29) is 24.0 Å². The molecule has 1 aromatic carbocycles. The summed E-state index contributed by atoms with van der Waals surface area (Å²) in [6.45, 7) is 6.77. The lowest BCUT2D eigenvalue weighted by Crippen LogP contribution is -2.35. The Hall–Kier alpha value is -0.820. The van der Waals surface area contributed by atoms with Crippen LogP contribution >= 0.6 is 24.0 Å². The van der Waals surface area contributed by atoms with E-state index in [9.17, 15) is 0 Å². The van der Waals surface area contributed by atoms with Crippen LogP contribution in [-0.2, 0) is 12.8 Å². The summed E-state index contributed by atoms with van der Waals surface area (Å²) >= 11 is 0. The molecule has 0 atom stereocenters. The lowest BCUT2D eigenvalue weighted by Gasteiger charge is -2.30. The molecule has 0 unspecified atom stereocenters. The number of anilines is 1. The summed E-state index contributed by atoms with van der Waals surface area (Å²) in [5, 5.41) is 3.26. The summed E-state index contributed by atoms with van der Waals surface area (Å²) < 4.78 is 0. The van der Waals surface area contributed by atoms with Gasteiger partial charge in [-0.15, -0.1) is 24.0 Å². The van der Waals surface area contributed by atoms with Gasteiger partial charge in [-0.1, -0.05) is 13.0 Å². The maximum atomic E-state index is 6.07. The first kappa shape index (κ1) is 19.5. The van der Waals surface area contributed by atoms with Crippen LogP contribution in [-0.4, -0.2) is 37.0 Å². The number of benzene rings is 1. The third kappa shape index (κ3) is 5.34. The molecular weight excluding hydrogens is 411 g/mol. The molecule has 2 aliphatic rings. The molecule has 3 rings (SSSR count). The quantitative estimate of drug-likeness (QED) is 0.416. The molecule has 1 heterocycles. The minimum Gasteiger partial charge on any atom is -0.370 e. The number of rotatable bonds is 5. The molecule has 0 amide bonds. The Balaban J connectivity index is 0.00000208. The van der Waals surface area contributed by atoms with Crippen LogP contribution in [0.4, 0.5) is 5.69 Å². The number of hydrogen-bond donors (Lipinski definition) is 2. The number of hydrogen-bond acceptors (Lipinski definition) is 2. The first-order chi connectivity index (χ1) is 11.2. The van der Waals surface area contributed by atoms with Gasteiger partial charge >= 0.3 is 0 Å². The number of halogens is 1. The third-order valence-corrected chi connectivity index (χ3v) is 5.14. The number of likely N-dealkylation sites (tertiary alicyclic amines) is 1. The molecule has 0 aromatic heterocycles. The normalized spacial score (nSPS) is 19.0. The van der Waals surface area contributed by atoms with E-state index in [4.69, 9.17) is 5.73 Å². The number of guanidine groups is 1. The van der Waals surface area contributed by atoms with Gasteiger partial charge in [0.1, 0.15) is 0 Å². The highest BCUT2D eigenvalue weighted by Gasteiger charge is 2.18. The summed E-state index contributed by atoms with van der Waals surface area (Å²) in [6.07, 6.45) is 7.43. The second-order valence-electron chi connectivity index (χ2n) is 6.97. The highest BCUT2D eigenvalue weighted by molar-refractivity contribution is 14.0. The molecule has 5 heteroatoms. The van der Waals surface area contributed by atoms with Gasteiger partial charge in [0.05, 0.1) is 0 Å². The van der Waals surface area contributed by atoms with Crippen LogP contribution in [0, 0.1) is 5.92 Å². The average Bonchev–Trinajstić information content (AvgIpc) is 3.02. The van der Waals surface area contributed by atoms with E-state index in [2.05, 4.69) is 40.3 Å². The van der Waals surface area contributed by atoms with Crippen molar-refractivity contribution in [3.63, 3.8) is 0 Å². The maximum Gasteiger partial charge on any atom is 0.193 e. The topological polar surface area (TPSA) is 53.6 Å². The molecule has 0 bridgehead atoms. The number of fused-ring (bicyclic) bond motifs is 1. The van der Waals surface area contributed by atoms with Crippen molar-refractivity contribution in [1.82, 2.24) is 4.90 Å². The average molecular weight is 442 g/mol. The Bertz CT molecular complexity index is 550. The molecule has 24 heavy (non-hydrogen) atoms. The number of piperidine rings is 1. The molecule has 4 nitrogen and oxygen atoms in total. The minimum absolute atomic E-state index is 0. The summed E-state index contributed by atoms with van der Waals surface area (Å²) in [5.41, 5.74) is 10.1. The summed E-state index contributed by atoms with van der Waals surface area (Å²) in [6, 6.07) is 6.57. The summed E-state index contributed by atoms with van der Waals surface area (Å²) in [5.74, 6) is 1.24. The summed E-state index contributed by atoms with van der Waals surface area (Å²) in [7, 11) is 0. The molecule has 1 saturated heterocycles. The smallest absolute Gasteiger partial charge is 0.193 e. The van der Waals surface area contributed by atoms with Crippen LogP contribution in [0.5, 0.6) is 0 Å². The zero-order valence-corrected chi connectivity index (χ0v) is 17.1. The molecule has 1 fully saturated rings. The SMILES string of the molecule is CCCN1CCC(CN=C(N)Nc2ccc3c(c2)CCC3)CC1.I. The van der Waals surface area contributed by atoms with Gasteiger partial charge in [0.2, 0.25) is 0 Å². The first-order valence-electron chi connectivity index (χ1n) is 9.15. The van der Waals surface area contributed by atoms with Gasteiger partial charge < -0.3 is 16.0 Å². The van der Waals surface area contributed by atoms with Crippen LogP contribution in [0.3, 0.4) is 0 Å². The minimum atomic E-state index is 0. The van der Waals surface area contributed by atoms with Gasteiger partial charge in [-0.3, -0.25) is 4.99 Å². The lowest BCUT2D eigenvalue weighted by molar-refractivity contribution is 0.188. The number of aliphatic imine (C=N–C) groups is 1. The number of nitrogens with one attached hydrogen (secondary N) is 1. The summed E-state index contributed by atoms with van der Waals surface area (Å²) in [4.78, 5) is 7.13. The second kappa shape index (κ2) is 9.61. The molecule has 0 radical (unpaired) electrons. The lowest BCUT2D eigenvalue weighted by atomic mass is 9.97. The molecule has 134 valence electrons. The highest BCUT2D eigenvalue weighted by atomic mass is 127. The van der Waals surface area contributed by atoms with Crippen LogP contribution in [0.25, 0.3) is 0 Å². The van der Waals surface area contributed by atoms with E-state index in [1.807, 2.05) is 0 Å².